The van der Waals surface area contributed by atoms with Crippen LogP contribution in [-0.4, -0.2) is 29.9 Å². The SMILES string of the molecule is CCC(/C=C(\N)[N+](=O)[O-])=NC1CCOCC1. The van der Waals surface area contributed by atoms with Crippen LogP contribution in [0.5, 0.6) is 0 Å². The molecule has 0 bridgehead atoms. The average Bonchev–Trinajstić information content (AvgIpc) is 2.29. The normalized spacial score (nSPS) is 19.8. The van der Waals surface area contributed by atoms with E-state index >= 15 is 0 Å². The van der Waals surface area contributed by atoms with Gasteiger partial charge in [-0.25, -0.2) is 0 Å². The van der Waals surface area contributed by atoms with Crippen LogP contribution in [0.15, 0.2) is 16.9 Å². The van der Waals surface area contributed by atoms with Crippen molar-refractivity contribution in [3.63, 3.8) is 0 Å². The lowest BCUT2D eigenvalue weighted by Gasteiger charge is -2.18. The highest BCUT2D eigenvalue weighted by Crippen LogP contribution is 2.11. The third kappa shape index (κ3) is 3.98. The van der Waals surface area contributed by atoms with Crippen LogP contribution in [0, 0.1) is 10.1 Å². The number of rotatable bonds is 4. The van der Waals surface area contributed by atoms with Gasteiger partial charge in [-0.3, -0.25) is 10.7 Å². The first-order valence-electron chi connectivity index (χ1n) is 5.39. The van der Waals surface area contributed by atoms with Gasteiger partial charge in [0.2, 0.25) is 0 Å². The summed E-state index contributed by atoms with van der Waals surface area (Å²) in [5.41, 5.74) is 5.94. The molecule has 2 N–H and O–H groups in total. The highest BCUT2D eigenvalue weighted by molar-refractivity contribution is 5.95. The second-order valence-electron chi connectivity index (χ2n) is 3.64. The Balaban J connectivity index is 2.68. The zero-order valence-electron chi connectivity index (χ0n) is 9.39. The zero-order valence-corrected chi connectivity index (χ0v) is 9.39. The minimum atomic E-state index is -0.602. The summed E-state index contributed by atoms with van der Waals surface area (Å²) in [6.07, 6.45) is 3.73. The first-order chi connectivity index (χ1) is 7.63. The fraction of sp³-hybridized carbons (Fsp3) is 0.700. The predicted molar refractivity (Wildman–Crippen MR) is 60.8 cm³/mol. The van der Waals surface area contributed by atoms with Crippen LogP contribution >= 0.6 is 0 Å². The largest absolute Gasteiger partial charge is 0.381 e. The van der Waals surface area contributed by atoms with Gasteiger partial charge in [-0.05, 0) is 24.2 Å². The van der Waals surface area contributed by atoms with Crippen LogP contribution in [0.3, 0.4) is 0 Å². The van der Waals surface area contributed by atoms with Crippen LogP contribution in [0.1, 0.15) is 26.2 Å². The van der Waals surface area contributed by atoms with Crippen molar-refractivity contribution in [1.29, 1.82) is 0 Å². The molecule has 1 fully saturated rings. The minimum Gasteiger partial charge on any atom is -0.381 e. The van der Waals surface area contributed by atoms with Gasteiger partial charge in [0.05, 0.1) is 12.1 Å². The summed E-state index contributed by atoms with van der Waals surface area (Å²) < 4.78 is 5.22. The number of aliphatic imine (C=N–C) groups is 1. The van der Waals surface area contributed by atoms with E-state index in [-0.39, 0.29) is 11.9 Å². The lowest BCUT2D eigenvalue weighted by Crippen LogP contribution is -2.20. The van der Waals surface area contributed by atoms with Gasteiger partial charge in [0.1, 0.15) is 0 Å². The first-order valence-corrected chi connectivity index (χ1v) is 5.39. The highest BCUT2D eigenvalue weighted by Gasteiger charge is 2.13. The lowest BCUT2D eigenvalue weighted by atomic mass is 10.1. The quantitative estimate of drug-likeness (QED) is 0.442. The van der Waals surface area contributed by atoms with Gasteiger partial charge in [0.25, 0.3) is 0 Å². The number of nitrogens with two attached hydrogens (primary N) is 1. The number of hydrogen-bond acceptors (Lipinski definition) is 5. The number of ether oxygens (including phenoxy) is 1. The number of allylic oxidation sites excluding steroid dienone is 1. The molecule has 0 amide bonds. The first kappa shape index (κ1) is 12.6. The molecular weight excluding hydrogens is 210 g/mol. The molecule has 0 aromatic carbocycles. The molecule has 0 atom stereocenters. The molecule has 0 saturated carbocycles. The predicted octanol–water partition coefficient (Wildman–Crippen LogP) is 1.09. The monoisotopic (exact) mass is 227 g/mol. The molecule has 1 rings (SSSR count). The van der Waals surface area contributed by atoms with Crippen molar-refractivity contribution in [3.8, 4) is 0 Å². The maximum atomic E-state index is 10.4. The van der Waals surface area contributed by atoms with Crippen molar-refractivity contribution in [2.24, 2.45) is 10.7 Å². The number of nitrogens with zero attached hydrogens (tertiary/aromatic N) is 2. The summed E-state index contributed by atoms with van der Waals surface area (Å²) in [7, 11) is 0. The van der Waals surface area contributed by atoms with Crippen LogP contribution in [0.25, 0.3) is 0 Å². The van der Waals surface area contributed by atoms with Crippen molar-refractivity contribution in [1.82, 2.24) is 0 Å². The van der Waals surface area contributed by atoms with Crippen LogP contribution in [-0.2, 0) is 4.74 Å². The molecule has 0 radical (unpaired) electrons. The van der Waals surface area contributed by atoms with E-state index in [1.54, 1.807) is 0 Å². The van der Waals surface area contributed by atoms with Crippen molar-refractivity contribution in [2.45, 2.75) is 32.2 Å². The summed E-state index contributed by atoms with van der Waals surface area (Å²) >= 11 is 0. The van der Waals surface area contributed by atoms with Gasteiger partial charge in [-0.1, -0.05) is 6.92 Å². The Morgan fingerprint density at radius 2 is 2.25 bits per heavy atom. The van der Waals surface area contributed by atoms with Gasteiger partial charge >= 0.3 is 5.82 Å². The molecule has 0 aliphatic carbocycles. The van der Waals surface area contributed by atoms with Gasteiger partial charge in [0, 0.05) is 18.9 Å². The Morgan fingerprint density at radius 3 is 2.75 bits per heavy atom. The fourth-order valence-electron chi connectivity index (χ4n) is 1.50. The summed E-state index contributed by atoms with van der Waals surface area (Å²) in [4.78, 5) is 14.2. The second-order valence-corrected chi connectivity index (χ2v) is 3.64. The number of hydrogen-bond donors (Lipinski definition) is 1. The van der Waals surface area contributed by atoms with E-state index in [9.17, 15) is 10.1 Å². The smallest absolute Gasteiger partial charge is 0.315 e. The van der Waals surface area contributed by atoms with Gasteiger partial charge in [-0.2, -0.15) is 0 Å². The summed E-state index contributed by atoms with van der Waals surface area (Å²) in [6.45, 7) is 3.32. The van der Waals surface area contributed by atoms with E-state index in [0.29, 0.717) is 25.3 Å². The topological polar surface area (TPSA) is 90.8 Å². The Kier molecular flexibility index (Phi) is 4.91. The fourth-order valence-corrected chi connectivity index (χ4v) is 1.50. The summed E-state index contributed by atoms with van der Waals surface area (Å²) in [5.74, 6) is -0.354. The van der Waals surface area contributed by atoms with E-state index in [2.05, 4.69) is 4.99 Å². The summed E-state index contributed by atoms with van der Waals surface area (Å²) in [6, 6.07) is 0.208. The maximum absolute atomic E-state index is 10.4. The van der Waals surface area contributed by atoms with Gasteiger partial charge in [0.15, 0.2) is 0 Å². The van der Waals surface area contributed by atoms with E-state index in [1.165, 1.54) is 6.08 Å². The van der Waals surface area contributed by atoms with Crippen molar-refractivity contribution >= 4 is 5.71 Å². The molecule has 1 aliphatic heterocycles. The van der Waals surface area contributed by atoms with Gasteiger partial charge < -0.3 is 14.9 Å². The molecule has 6 nitrogen and oxygen atoms in total. The van der Waals surface area contributed by atoms with E-state index < -0.39 is 4.92 Å². The summed E-state index contributed by atoms with van der Waals surface area (Å²) in [5, 5.41) is 10.4. The molecule has 0 unspecified atom stereocenters. The third-order valence-corrected chi connectivity index (χ3v) is 2.43. The van der Waals surface area contributed by atoms with Crippen molar-refractivity contribution < 1.29 is 9.66 Å². The van der Waals surface area contributed by atoms with E-state index in [0.717, 1.165) is 12.8 Å². The molecule has 0 aromatic heterocycles. The van der Waals surface area contributed by atoms with Crippen molar-refractivity contribution in [2.75, 3.05) is 13.2 Å². The Hall–Kier alpha value is -1.43. The van der Waals surface area contributed by atoms with Crippen LogP contribution in [0.2, 0.25) is 0 Å². The molecule has 1 heterocycles. The standard InChI is InChI=1S/C10H17N3O3/c1-2-8(7-10(11)13(14)15)12-9-3-5-16-6-4-9/h7,9H,2-6,11H2,1H3/b10-7+,12-8?. The molecular formula is C10H17N3O3. The lowest BCUT2D eigenvalue weighted by molar-refractivity contribution is -0.426. The zero-order chi connectivity index (χ0) is 12.0. The van der Waals surface area contributed by atoms with E-state index in [1.807, 2.05) is 6.92 Å². The average molecular weight is 227 g/mol. The molecule has 0 aromatic rings. The Morgan fingerprint density at radius 1 is 1.62 bits per heavy atom. The molecule has 90 valence electrons. The van der Waals surface area contributed by atoms with Crippen LogP contribution < -0.4 is 5.73 Å². The van der Waals surface area contributed by atoms with E-state index in [4.69, 9.17) is 10.5 Å². The maximum Gasteiger partial charge on any atom is 0.315 e. The van der Waals surface area contributed by atoms with Crippen molar-refractivity contribution in [3.05, 3.63) is 22.0 Å². The third-order valence-electron chi connectivity index (χ3n) is 2.43. The Bertz CT molecular complexity index is 306. The Labute approximate surface area is 94.3 Å². The number of nitro groups is 1. The molecule has 1 saturated heterocycles. The molecule has 6 heteroatoms. The molecule has 0 spiro atoms. The highest BCUT2D eigenvalue weighted by atomic mass is 16.6. The van der Waals surface area contributed by atoms with Crippen LogP contribution in [0.4, 0.5) is 0 Å². The molecule has 16 heavy (non-hydrogen) atoms. The van der Waals surface area contributed by atoms with Gasteiger partial charge in [-0.15, -0.1) is 0 Å². The molecule has 1 aliphatic rings. The minimum absolute atomic E-state index is 0.208. The second kappa shape index (κ2) is 6.22.